The summed E-state index contributed by atoms with van der Waals surface area (Å²) in [6.45, 7) is 0. The van der Waals surface area contributed by atoms with Crippen LogP contribution in [-0.2, 0) is 0 Å². The molecule has 2 aromatic heterocycles. The minimum Gasteiger partial charge on any atom is -0.309 e. The smallest absolute Gasteiger partial charge is 0.181 e. The molecule has 0 saturated heterocycles. The number of hydrogen-bond donors (Lipinski definition) is 0. The zero-order chi connectivity index (χ0) is 37.8. The Morgan fingerprint density at radius 1 is 0.316 bits per heavy atom. The number of hydrogen-bond acceptors (Lipinski definition) is 0. The van der Waals surface area contributed by atoms with E-state index in [1.165, 1.54) is 75.5 Å². The van der Waals surface area contributed by atoms with Crippen molar-refractivity contribution in [2.75, 3.05) is 0 Å². The quantitative estimate of drug-likeness (QED) is 0.114. The van der Waals surface area contributed by atoms with Crippen LogP contribution in [0.3, 0.4) is 0 Å². The second-order valence-electron chi connectivity index (χ2n) is 14.8. The van der Waals surface area contributed by atoms with E-state index >= 15 is 0 Å². The highest BCUT2D eigenvalue weighted by molar-refractivity contribution is 7.20. The molecular weight excluding hydrogens is 705 g/mol. The minimum absolute atomic E-state index is 1.14. The maximum Gasteiger partial charge on any atom is 0.181 e. The SMILES string of the molecule is c1ccc(-c2cccc3c2c2cccc([Si](c4ccccc4)(c4ccccc4)c4ccccc4)c2n3-c2ccc3c4ccccc4n(-c4ccccc4)c3c2)cc1. The van der Waals surface area contributed by atoms with Crippen LogP contribution in [0.2, 0.25) is 0 Å². The number of rotatable bonds is 7. The Labute approximate surface area is 333 Å². The molecule has 3 heteroatoms. The molecule has 0 bridgehead atoms. The molecule has 2 heterocycles. The highest BCUT2D eigenvalue weighted by Gasteiger charge is 2.43. The summed E-state index contributed by atoms with van der Waals surface area (Å²) in [6.07, 6.45) is 0. The van der Waals surface area contributed by atoms with Crippen molar-refractivity contribution >= 4 is 72.4 Å². The van der Waals surface area contributed by atoms with Gasteiger partial charge >= 0.3 is 0 Å². The molecule has 2 nitrogen and oxygen atoms in total. The molecule has 0 aliphatic carbocycles. The molecule has 0 radical (unpaired) electrons. The number of aromatic nitrogens is 2. The van der Waals surface area contributed by atoms with Crippen molar-refractivity contribution in [3.05, 3.63) is 231 Å². The lowest BCUT2D eigenvalue weighted by molar-refractivity contribution is 1.16. The number of fused-ring (bicyclic) bond motifs is 6. The van der Waals surface area contributed by atoms with E-state index in [2.05, 4.69) is 240 Å². The van der Waals surface area contributed by atoms with E-state index in [0.717, 1.165) is 11.4 Å². The summed E-state index contributed by atoms with van der Waals surface area (Å²) in [7, 11) is -2.96. The Kier molecular flexibility index (Phi) is 7.87. The molecule has 0 fully saturated rings. The fourth-order valence-corrected chi connectivity index (χ4v) is 14.5. The number of para-hydroxylation sites is 3. The van der Waals surface area contributed by atoms with E-state index in [4.69, 9.17) is 0 Å². The Bertz CT molecular complexity index is 3110. The monoisotopic (exact) mass is 742 g/mol. The van der Waals surface area contributed by atoms with Gasteiger partial charge in [0.05, 0.1) is 22.1 Å². The van der Waals surface area contributed by atoms with Crippen molar-refractivity contribution in [2.45, 2.75) is 0 Å². The fraction of sp³-hybridized carbons (Fsp3) is 0. The summed E-state index contributed by atoms with van der Waals surface area (Å²) in [6, 6.07) is 85.3. The van der Waals surface area contributed by atoms with Crippen molar-refractivity contribution < 1.29 is 0 Å². The third kappa shape index (κ3) is 5.10. The molecule has 0 spiro atoms. The second-order valence-corrected chi connectivity index (χ2v) is 18.6. The largest absolute Gasteiger partial charge is 0.309 e. The van der Waals surface area contributed by atoms with Crippen molar-refractivity contribution in [2.24, 2.45) is 0 Å². The third-order valence-corrected chi connectivity index (χ3v) is 16.7. The Balaban J connectivity index is 1.34. The van der Waals surface area contributed by atoms with Gasteiger partial charge in [-0.1, -0.05) is 194 Å². The van der Waals surface area contributed by atoms with Gasteiger partial charge in [0, 0.05) is 32.9 Å². The van der Waals surface area contributed by atoms with Crippen LogP contribution in [-0.4, -0.2) is 17.2 Å². The molecule has 0 amide bonds. The summed E-state index contributed by atoms with van der Waals surface area (Å²) in [5.41, 5.74) is 9.57. The third-order valence-electron chi connectivity index (χ3n) is 11.9. The molecule has 0 aliphatic rings. The van der Waals surface area contributed by atoms with E-state index in [1.807, 2.05) is 0 Å². The van der Waals surface area contributed by atoms with Gasteiger partial charge in [0.15, 0.2) is 8.07 Å². The first-order valence-corrected chi connectivity index (χ1v) is 21.7. The predicted octanol–water partition coefficient (Wildman–Crippen LogP) is 10.9. The van der Waals surface area contributed by atoms with Crippen LogP contribution < -0.4 is 20.7 Å². The zero-order valence-electron chi connectivity index (χ0n) is 31.3. The minimum atomic E-state index is -2.96. The van der Waals surface area contributed by atoms with E-state index in [0.29, 0.717) is 0 Å². The molecule has 268 valence electrons. The maximum absolute atomic E-state index is 2.96. The van der Waals surface area contributed by atoms with Gasteiger partial charge < -0.3 is 9.13 Å². The lowest BCUT2D eigenvalue weighted by Crippen LogP contribution is -2.75. The van der Waals surface area contributed by atoms with Crippen LogP contribution in [0.25, 0.3) is 66.1 Å². The molecule has 11 rings (SSSR count). The van der Waals surface area contributed by atoms with Gasteiger partial charge in [-0.2, -0.15) is 0 Å². The first-order valence-electron chi connectivity index (χ1n) is 19.7. The first kappa shape index (κ1) is 33.2. The number of benzene rings is 9. The summed E-state index contributed by atoms with van der Waals surface area (Å²) in [5, 5.41) is 10.4. The Hall–Kier alpha value is -7.20. The molecule has 0 N–H and O–H groups in total. The van der Waals surface area contributed by atoms with Crippen molar-refractivity contribution in [1.29, 1.82) is 0 Å². The van der Waals surface area contributed by atoms with Crippen molar-refractivity contribution in [1.82, 2.24) is 9.13 Å². The molecule has 11 aromatic rings. The zero-order valence-corrected chi connectivity index (χ0v) is 32.3. The fourth-order valence-electron chi connectivity index (χ4n) is 9.53. The predicted molar refractivity (Wildman–Crippen MR) is 244 cm³/mol. The summed E-state index contributed by atoms with van der Waals surface area (Å²) < 4.78 is 5.00. The molecule has 0 atom stereocenters. The average molecular weight is 743 g/mol. The van der Waals surface area contributed by atoms with Gasteiger partial charge in [0.25, 0.3) is 0 Å². The molecule has 0 saturated carbocycles. The summed E-state index contributed by atoms with van der Waals surface area (Å²) >= 11 is 0. The maximum atomic E-state index is 2.58. The van der Waals surface area contributed by atoms with Crippen LogP contribution >= 0.6 is 0 Å². The van der Waals surface area contributed by atoms with Crippen LogP contribution in [0, 0.1) is 0 Å². The molecule has 57 heavy (non-hydrogen) atoms. The summed E-state index contributed by atoms with van der Waals surface area (Å²) in [5.74, 6) is 0. The van der Waals surface area contributed by atoms with Crippen LogP contribution in [0.4, 0.5) is 0 Å². The van der Waals surface area contributed by atoms with Gasteiger partial charge in [0.1, 0.15) is 0 Å². The lowest BCUT2D eigenvalue weighted by atomic mass is 9.99. The molecule has 9 aromatic carbocycles. The van der Waals surface area contributed by atoms with E-state index < -0.39 is 8.07 Å². The molecular formula is C54H38N2Si. The topological polar surface area (TPSA) is 9.86 Å². The van der Waals surface area contributed by atoms with E-state index in [-0.39, 0.29) is 0 Å². The molecule has 0 aliphatic heterocycles. The summed E-state index contributed by atoms with van der Waals surface area (Å²) in [4.78, 5) is 0. The molecule has 0 unspecified atom stereocenters. The lowest BCUT2D eigenvalue weighted by Gasteiger charge is -2.35. The van der Waals surface area contributed by atoms with Crippen LogP contribution in [0.5, 0.6) is 0 Å². The van der Waals surface area contributed by atoms with Gasteiger partial charge in [-0.25, -0.2) is 0 Å². The van der Waals surface area contributed by atoms with Gasteiger partial charge in [-0.15, -0.1) is 0 Å². The van der Waals surface area contributed by atoms with Gasteiger partial charge in [-0.3, -0.25) is 0 Å². The van der Waals surface area contributed by atoms with E-state index in [9.17, 15) is 0 Å². The van der Waals surface area contributed by atoms with Gasteiger partial charge in [-0.05, 0) is 68.3 Å². The van der Waals surface area contributed by atoms with Crippen molar-refractivity contribution in [3.8, 4) is 22.5 Å². The highest BCUT2D eigenvalue weighted by Crippen LogP contribution is 2.40. The van der Waals surface area contributed by atoms with Crippen molar-refractivity contribution in [3.63, 3.8) is 0 Å². The highest BCUT2D eigenvalue weighted by atomic mass is 28.3. The van der Waals surface area contributed by atoms with Crippen LogP contribution in [0.1, 0.15) is 0 Å². The number of nitrogens with zero attached hydrogens (tertiary/aromatic N) is 2. The van der Waals surface area contributed by atoms with Crippen LogP contribution in [0.15, 0.2) is 231 Å². The van der Waals surface area contributed by atoms with E-state index in [1.54, 1.807) is 0 Å². The van der Waals surface area contributed by atoms with Gasteiger partial charge in [0.2, 0.25) is 0 Å². The standard InChI is InChI=1S/C54H38N2Si/c1-6-20-39(21-7-1)45-31-18-34-50-53(45)48-32-19-35-52(57(42-24-10-3-11-25-42,43-26-12-4-13-27-43)44-28-14-5-15-29-44)54(48)56(50)41-36-37-47-46-30-16-17-33-49(46)55(51(47)38-41)40-22-8-2-9-23-40/h1-38H. The first-order chi connectivity index (χ1) is 28.3. The normalized spacial score (nSPS) is 11.9. The Morgan fingerprint density at radius 2 is 0.825 bits per heavy atom. The average Bonchev–Trinajstić information content (AvgIpc) is 3.81. The Morgan fingerprint density at radius 3 is 1.47 bits per heavy atom. The second kappa shape index (κ2) is 13.5.